The molecule has 1 aliphatic heterocycles. The van der Waals surface area contributed by atoms with Crippen molar-refractivity contribution in [2.75, 3.05) is 18.4 Å². The molecular formula is C38H36Cl3N3O6. The average Bonchev–Trinajstić information content (AvgIpc) is 3.82. The number of aromatic carboxylic acids is 1. The lowest BCUT2D eigenvalue weighted by molar-refractivity contribution is 0.0210. The van der Waals surface area contributed by atoms with Crippen molar-refractivity contribution >= 4 is 52.6 Å². The second-order valence-corrected chi connectivity index (χ2v) is 14.6. The Morgan fingerprint density at radius 1 is 0.980 bits per heavy atom. The summed E-state index contributed by atoms with van der Waals surface area (Å²) >= 11 is 19.6. The van der Waals surface area contributed by atoms with E-state index in [9.17, 15) is 14.7 Å². The molecule has 6 rings (SSSR count). The summed E-state index contributed by atoms with van der Waals surface area (Å²) in [4.78, 5) is 26.1. The van der Waals surface area contributed by atoms with Crippen molar-refractivity contribution in [1.82, 2.24) is 10.1 Å². The van der Waals surface area contributed by atoms with E-state index in [0.29, 0.717) is 74.8 Å². The largest absolute Gasteiger partial charge is 0.489 e. The fourth-order valence-corrected chi connectivity index (χ4v) is 6.50. The van der Waals surface area contributed by atoms with Crippen LogP contribution in [0.3, 0.4) is 0 Å². The van der Waals surface area contributed by atoms with Crippen LogP contribution in [0.25, 0.3) is 11.3 Å². The number of nitrogens with zero attached hydrogens (tertiary/aromatic N) is 2. The molecule has 1 amide bonds. The predicted octanol–water partition coefficient (Wildman–Crippen LogP) is 9.67. The first kappa shape index (κ1) is 35.5. The van der Waals surface area contributed by atoms with E-state index in [1.165, 1.54) is 6.07 Å². The highest BCUT2D eigenvalue weighted by Crippen LogP contribution is 2.46. The highest BCUT2D eigenvalue weighted by molar-refractivity contribution is 6.39. The molecular weight excluding hydrogens is 701 g/mol. The Bertz CT molecular complexity index is 1960. The molecule has 1 saturated carbocycles. The van der Waals surface area contributed by atoms with E-state index < -0.39 is 11.6 Å². The summed E-state index contributed by atoms with van der Waals surface area (Å²) in [5, 5.41) is 18.8. The molecule has 1 aliphatic carbocycles. The number of amides is 1. The van der Waals surface area contributed by atoms with E-state index in [2.05, 4.69) is 22.3 Å². The minimum absolute atomic E-state index is 0.0523. The third-order valence-electron chi connectivity index (χ3n) is 8.33. The number of likely N-dealkylation sites (tertiary alicyclic amines) is 1. The third-order valence-corrected chi connectivity index (χ3v) is 9.27. The van der Waals surface area contributed by atoms with Gasteiger partial charge in [0, 0.05) is 53.5 Å². The molecule has 2 fully saturated rings. The van der Waals surface area contributed by atoms with Gasteiger partial charge in [-0.2, -0.15) is 0 Å². The van der Waals surface area contributed by atoms with Crippen LogP contribution in [0.15, 0.2) is 59.1 Å². The first-order valence-electron chi connectivity index (χ1n) is 16.3. The van der Waals surface area contributed by atoms with Crippen LogP contribution >= 0.6 is 34.8 Å². The van der Waals surface area contributed by atoms with Crippen LogP contribution in [-0.2, 0) is 11.3 Å². The first-order valence-corrected chi connectivity index (χ1v) is 17.5. The number of carboxylic acids is 1. The number of carbonyl (C=O) groups is 2. The van der Waals surface area contributed by atoms with Crippen LogP contribution in [0.2, 0.25) is 15.1 Å². The lowest BCUT2D eigenvalue weighted by Gasteiger charge is -2.34. The van der Waals surface area contributed by atoms with Crippen molar-refractivity contribution in [2.45, 2.75) is 70.6 Å². The second kappa shape index (κ2) is 14.9. The minimum atomic E-state index is -1.06. The Hall–Kier alpha value is -4.36. The maximum Gasteiger partial charge on any atom is 0.410 e. The molecule has 2 N–H and O–H groups in total. The van der Waals surface area contributed by atoms with Gasteiger partial charge in [-0.25, -0.2) is 9.59 Å². The molecule has 2 heterocycles. The highest BCUT2D eigenvalue weighted by Gasteiger charge is 2.34. The Labute approximate surface area is 305 Å². The van der Waals surface area contributed by atoms with Gasteiger partial charge in [-0.3, -0.25) is 0 Å². The Balaban J connectivity index is 1.14. The monoisotopic (exact) mass is 735 g/mol. The highest BCUT2D eigenvalue weighted by atomic mass is 35.5. The number of ether oxygens (including phenoxy) is 2. The van der Waals surface area contributed by atoms with E-state index in [4.69, 9.17) is 48.8 Å². The number of anilines is 1. The smallest absolute Gasteiger partial charge is 0.410 e. The zero-order chi connectivity index (χ0) is 35.6. The summed E-state index contributed by atoms with van der Waals surface area (Å²) in [6.45, 7) is 6.77. The molecule has 0 bridgehead atoms. The summed E-state index contributed by atoms with van der Waals surface area (Å²) in [6.07, 6.45) is 3.08. The van der Waals surface area contributed by atoms with Crippen molar-refractivity contribution < 1.29 is 28.7 Å². The van der Waals surface area contributed by atoms with E-state index in [1.54, 1.807) is 47.4 Å². The van der Waals surface area contributed by atoms with Gasteiger partial charge in [-0.05, 0) is 88.9 Å². The van der Waals surface area contributed by atoms with E-state index in [1.807, 2.05) is 26.8 Å². The number of aromatic nitrogens is 1. The minimum Gasteiger partial charge on any atom is -0.489 e. The lowest BCUT2D eigenvalue weighted by atomic mass is 10.0. The average molecular weight is 737 g/mol. The van der Waals surface area contributed by atoms with Crippen molar-refractivity contribution in [3.8, 4) is 28.8 Å². The number of halogens is 3. The normalized spacial score (nSPS) is 14.9. The molecule has 12 heteroatoms. The van der Waals surface area contributed by atoms with Crippen molar-refractivity contribution in [3.63, 3.8) is 0 Å². The second-order valence-electron chi connectivity index (χ2n) is 13.4. The summed E-state index contributed by atoms with van der Waals surface area (Å²) < 4.78 is 17.4. The summed E-state index contributed by atoms with van der Waals surface area (Å²) in [6, 6.07) is 15.5. The van der Waals surface area contributed by atoms with Crippen LogP contribution in [0, 0.1) is 11.8 Å². The molecule has 1 saturated heterocycles. The molecule has 0 unspecified atom stereocenters. The Kier molecular flexibility index (Phi) is 10.5. The molecule has 0 spiro atoms. The number of carboxylic acid groups (broad SMARTS) is 1. The van der Waals surface area contributed by atoms with Crippen molar-refractivity contribution in [3.05, 3.63) is 97.7 Å². The molecule has 4 aromatic rings. The molecule has 50 heavy (non-hydrogen) atoms. The maximum absolute atomic E-state index is 12.4. The number of hydrogen-bond donors (Lipinski definition) is 2. The van der Waals surface area contributed by atoms with E-state index in [-0.39, 0.29) is 30.2 Å². The number of rotatable bonds is 8. The van der Waals surface area contributed by atoms with Gasteiger partial charge in [0.05, 0.1) is 26.2 Å². The number of benzene rings is 3. The van der Waals surface area contributed by atoms with Gasteiger partial charge in [-0.1, -0.05) is 57.9 Å². The molecule has 3 aromatic carbocycles. The quantitative estimate of drug-likeness (QED) is 0.172. The molecule has 0 radical (unpaired) electrons. The Morgan fingerprint density at radius 2 is 1.70 bits per heavy atom. The van der Waals surface area contributed by atoms with Gasteiger partial charge in [0.25, 0.3) is 0 Å². The van der Waals surface area contributed by atoms with Crippen molar-refractivity contribution in [1.29, 1.82) is 0 Å². The zero-order valence-corrected chi connectivity index (χ0v) is 30.1. The van der Waals surface area contributed by atoms with E-state index in [0.717, 1.165) is 24.2 Å². The fourth-order valence-electron chi connectivity index (χ4n) is 5.71. The number of nitrogens with one attached hydrogen (secondary N) is 1. The molecule has 1 aromatic heterocycles. The summed E-state index contributed by atoms with van der Waals surface area (Å²) in [5.74, 6) is 6.64. The topological polar surface area (TPSA) is 114 Å². The zero-order valence-electron chi connectivity index (χ0n) is 27.8. The number of carbonyl (C=O) groups excluding carboxylic acids is 1. The van der Waals surface area contributed by atoms with Crippen molar-refractivity contribution in [2.24, 2.45) is 0 Å². The van der Waals surface area contributed by atoms with Gasteiger partial charge < -0.3 is 29.3 Å². The standard InChI is InChI=1S/C38H36Cl3N3O6/c1-38(2,3)49-37(47)44-15-13-26(14-16-44)42-27-18-22(17-25(19-27)36(45)46)7-8-23-11-12-28(20-32(23)41)48-21-29-34(43-50-35(29)24-9-10-24)33-30(39)5-4-6-31(33)40/h4-6,11-12,17-20,24,26,42H,9-10,13-16,21H2,1-3H3,(H,45,46). The first-order chi connectivity index (χ1) is 23.8. The maximum atomic E-state index is 12.4. The van der Waals surface area contributed by atoms with Gasteiger partial charge in [-0.15, -0.1) is 0 Å². The predicted molar refractivity (Wildman–Crippen MR) is 194 cm³/mol. The van der Waals surface area contributed by atoms with Crippen LogP contribution in [-0.4, -0.2) is 52.0 Å². The lowest BCUT2D eigenvalue weighted by Crippen LogP contribution is -2.44. The van der Waals surface area contributed by atoms with Crippen LogP contribution < -0.4 is 10.1 Å². The number of piperidine rings is 1. The van der Waals surface area contributed by atoms with Gasteiger partial charge in [0.2, 0.25) is 0 Å². The van der Waals surface area contributed by atoms with Gasteiger partial charge >= 0.3 is 12.1 Å². The van der Waals surface area contributed by atoms with Gasteiger partial charge in [0.15, 0.2) is 0 Å². The molecule has 2 aliphatic rings. The summed E-state index contributed by atoms with van der Waals surface area (Å²) in [7, 11) is 0. The Morgan fingerprint density at radius 3 is 2.34 bits per heavy atom. The summed E-state index contributed by atoms with van der Waals surface area (Å²) in [5.41, 5.74) is 3.20. The number of hydrogen-bond acceptors (Lipinski definition) is 7. The van der Waals surface area contributed by atoms with Crippen LogP contribution in [0.4, 0.5) is 10.5 Å². The van der Waals surface area contributed by atoms with Crippen LogP contribution in [0.5, 0.6) is 5.75 Å². The fraction of sp³-hybridized carbons (Fsp3) is 0.342. The molecule has 9 nitrogen and oxygen atoms in total. The van der Waals surface area contributed by atoms with E-state index >= 15 is 0 Å². The SMILES string of the molecule is CC(C)(C)OC(=O)N1CCC(Nc2cc(C#Cc3ccc(OCc4c(-c5c(Cl)cccc5Cl)noc4C4CC4)cc3Cl)cc(C(=O)O)c2)CC1. The van der Waals surface area contributed by atoms with Gasteiger partial charge in [0.1, 0.15) is 29.4 Å². The third kappa shape index (κ3) is 8.67. The molecule has 0 atom stereocenters. The van der Waals surface area contributed by atoms with Crippen LogP contribution in [0.1, 0.15) is 85.2 Å². The molecule has 260 valence electrons.